The van der Waals surface area contributed by atoms with Gasteiger partial charge in [-0.15, -0.1) is 0 Å². The van der Waals surface area contributed by atoms with Gasteiger partial charge in [0.15, 0.2) is 0 Å². The van der Waals surface area contributed by atoms with Crippen molar-refractivity contribution in [2.24, 2.45) is 0 Å². The highest BCUT2D eigenvalue weighted by Crippen LogP contribution is 2.20. The van der Waals surface area contributed by atoms with Crippen LogP contribution in [0.3, 0.4) is 0 Å². The summed E-state index contributed by atoms with van der Waals surface area (Å²) in [6.07, 6.45) is 2.84. The molecule has 0 fully saturated rings. The molecule has 3 rings (SSSR count). The van der Waals surface area contributed by atoms with Crippen molar-refractivity contribution in [3.05, 3.63) is 95.0 Å². The Morgan fingerprint density at radius 1 is 0.912 bits per heavy atom. The first-order chi connectivity index (χ1) is 16.3. The number of benzene rings is 3. The summed E-state index contributed by atoms with van der Waals surface area (Å²) in [5, 5.41) is 0.587. The fraction of sp³-hybridized carbons (Fsp3) is 0.0833. The van der Waals surface area contributed by atoms with Gasteiger partial charge in [0.1, 0.15) is 5.75 Å². The molecule has 0 aromatic heterocycles. The molecule has 8 nitrogen and oxygen atoms in total. The van der Waals surface area contributed by atoms with Crippen LogP contribution in [0.25, 0.3) is 6.08 Å². The molecule has 3 aromatic rings. The summed E-state index contributed by atoms with van der Waals surface area (Å²) in [6, 6.07) is 18.7. The van der Waals surface area contributed by atoms with Gasteiger partial charge in [-0.1, -0.05) is 23.7 Å². The zero-order valence-electron chi connectivity index (χ0n) is 18.1. The van der Waals surface area contributed by atoms with Crippen LogP contribution in [0, 0.1) is 0 Å². The third-order valence-electron chi connectivity index (χ3n) is 4.44. The highest BCUT2D eigenvalue weighted by Gasteiger charge is 2.15. The van der Waals surface area contributed by atoms with Gasteiger partial charge in [-0.3, -0.25) is 25.2 Å². The molecule has 10 heteroatoms. The molecule has 2 amide bonds. The molecule has 0 spiro atoms. The normalized spacial score (nSPS) is 11.1. The van der Waals surface area contributed by atoms with Crippen molar-refractivity contribution in [2.45, 2.75) is 11.8 Å². The third-order valence-corrected chi connectivity index (χ3v) is 6.09. The molecule has 0 saturated heterocycles. The van der Waals surface area contributed by atoms with Crippen molar-refractivity contribution in [3.8, 4) is 5.75 Å². The Hall–Kier alpha value is -3.82. The molecule has 0 aliphatic heterocycles. The Bertz CT molecular complexity index is 1270. The first-order valence-corrected chi connectivity index (χ1v) is 12.0. The maximum absolute atomic E-state index is 12.6. The Morgan fingerprint density at radius 2 is 1.56 bits per heavy atom. The lowest BCUT2D eigenvalue weighted by atomic mass is 10.2. The van der Waals surface area contributed by atoms with E-state index < -0.39 is 21.8 Å². The van der Waals surface area contributed by atoms with E-state index in [-0.39, 0.29) is 16.1 Å². The standard InChI is InChI=1S/C24H22ClN3O5S/c1-2-33-21-12-14-22(15-13-21)34(31,32)28-20-10-6-18(7-11-20)24(30)27-26-23(29)16-5-17-3-8-19(25)9-4-17/h3-16,28H,2H2,1H3,(H,26,29)(H,27,30)/b16-5+. The van der Waals surface area contributed by atoms with Crippen molar-refractivity contribution >= 4 is 45.2 Å². The molecule has 0 saturated carbocycles. The largest absolute Gasteiger partial charge is 0.494 e. The molecule has 3 N–H and O–H groups in total. The van der Waals surface area contributed by atoms with Crippen LogP contribution in [0.2, 0.25) is 5.02 Å². The number of nitrogens with one attached hydrogen (secondary N) is 3. The molecular formula is C24H22ClN3O5S. The van der Waals surface area contributed by atoms with Crippen LogP contribution in [0.1, 0.15) is 22.8 Å². The van der Waals surface area contributed by atoms with Crippen LogP contribution in [0.15, 0.2) is 83.8 Å². The van der Waals surface area contributed by atoms with Gasteiger partial charge >= 0.3 is 0 Å². The van der Waals surface area contributed by atoms with E-state index >= 15 is 0 Å². The summed E-state index contributed by atoms with van der Waals surface area (Å²) in [7, 11) is -3.81. The predicted octanol–water partition coefficient (Wildman–Crippen LogP) is 4.01. The van der Waals surface area contributed by atoms with Crippen molar-refractivity contribution in [2.75, 3.05) is 11.3 Å². The highest BCUT2D eigenvalue weighted by atomic mass is 35.5. The summed E-state index contributed by atoms with van der Waals surface area (Å²) in [5.41, 5.74) is 5.85. The topological polar surface area (TPSA) is 114 Å². The number of amides is 2. The molecule has 0 aliphatic rings. The van der Waals surface area contributed by atoms with E-state index in [1.54, 1.807) is 42.5 Å². The molecule has 0 radical (unpaired) electrons. The lowest BCUT2D eigenvalue weighted by Gasteiger charge is -2.10. The van der Waals surface area contributed by atoms with E-state index in [1.165, 1.54) is 42.5 Å². The molecule has 176 valence electrons. The van der Waals surface area contributed by atoms with Crippen LogP contribution >= 0.6 is 11.6 Å². The van der Waals surface area contributed by atoms with E-state index in [0.29, 0.717) is 17.4 Å². The Kier molecular flexibility index (Phi) is 8.29. The Morgan fingerprint density at radius 3 is 2.18 bits per heavy atom. The van der Waals surface area contributed by atoms with Crippen molar-refractivity contribution in [1.82, 2.24) is 10.9 Å². The van der Waals surface area contributed by atoms with Gasteiger partial charge in [-0.2, -0.15) is 0 Å². The number of ether oxygens (including phenoxy) is 1. The predicted molar refractivity (Wildman–Crippen MR) is 131 cm³/mol. The van der Waals surface area contributed by atoms with Gasteiger partial charge in [0.2, 0.25) is 0 Å². The van der Waals surface area contributed by atoms with Crippen molar-refractivity contribution in [1.29, 1.82) is 0 Å². The smallest absolute Gasteiger partial charge is 0.269 e. The quantitative estimate of drug-likeness (QED) is 0.320. The fourth-order valence-electron chi connectivity index (χ4n) is 2.76. The van der Waals surface area contributed by atoms with Crippen LogP contribution in [-0.2, 0) is 14.8 Å². The minimum absolute atomic E-state index is 0.0761. The first-order valence-electron chi connectivity index (χ1n) is 10.2. The van der Waals surface area contributed by atoms with E-state index in [4.69, 9.17) is 16.3 Å². The molecule has 0 heterocycles. The second kappa shape index (κ2) is 11.4. The number of hydrogen-bond acceptors (Lipinski definition) is 5. The first kappa shape index (κ1) is 24.8. The molecule has 0 atom stereocenters. The van der Waals surface area contributed by atoms with E-state index in [0.717, 1.165) is 5.56 Å². The number of hydrogen-bond donors (Lipinski definition) is 3. The number of sulfonamides is 1. The second-order valence-electron chi connectivity index (χ2n) is 6.92. The summed E-state index contributed by atoms with van der Waals surface area (Å²) in [4.78, 5) is 24.2. The number of rotatable bonds is 8. The molecule has 0 aliphatic carbocycles. The van der Waals surface area contributed by atoms with Crippen LogP contribution in [0.4, 0.5) is 5.69 Å². The maximum Gasteiger partial charge on any atom is 0.269 e. The van der Waals surface area contributed by atoms with Crippen LogP contribution in [-0.4, -0.2) is 26.8 Å². The summed E-state index contributed by atoms with van der Waals surface area (Å²) >= 11 is 5.81. The van der Waals surface area contributed by atoms with Crippen LogP contribution < -0.4 is 20.3 Å². The SMILES string of the molecule is CCOc1ccc(S(=O)(=O)Nc2ccc(C(=O)NNC(=O)/C=C/c3ccc(Cl)cc3)cc2)cc1. The molecule has 0 bridgehead atoms. The van der Waals surface area contributed by atoms with Crippen molar-refractivity contribution in [3.63, 3.8) is 0 Å². The van der Waals surface area contributed by atoms with Crippen molar-refractivity contribution < 1.29 is 22.7 Å². The van der Waals surface area contributed by atoms with Gasteiger partial charge < -0.3 is 4.74 Å². The zero-order chi connectivity index (χ0) is 24.6. The Labute approximate surface area is 202 Å². The number of halogens is 1. The number of carbonyl (C=O) groups excluding carboxylic acids is 2. The minimum Gasteiger partial charge on any atom is -0.494 e. The second-order valence-corrected chi connectivity index (χ2v) is 9.03. The minimum atomic E-state index is -3.81. The molecule has 0 unspecified atom stereocenters. The molecular weight excluding hydrogens is 478 g/mol. The highest BCUT2D eigenvalue weighted by molar-refractivity contribution is 7.92. The summed E-state index contributed by atoms with van der Waals surface area (Å²) in [5.74, 6) is -0.512. The fourth-order valence-corrected chi connectivity index (χ4v) is 3.95. The molecule has 3 aromatic carbocycles. The third kappa shape index (κ3) is 7.09. The lowest BCUT2D eigenvalue weighted by molar-refractivity contribution is -0.117. The van der Waals surface area contributed by atoms with Gasteiger partial charge in [-0.05, 0) is 79.2 Å². The zero-order valence-corrected chi connectivity index (χ0v) is 19.7. The maximum atomic E-state index is 12.6. The van der Waals surface area contributed by atoms with E-state index in [1.807, 2.05) is 6.92 Å². The summed E-state index contributed by atoms with van der Waals surface area (Å²) < 4.78 is 32.9. The number of hydrazine groups is 1. The Balaban J connectivity index is 1.54. The van der Waals surface area contributed by atoms with Crippen LogP contribution in [0.5, 0.6) is 5.75 Å². The van der Waals surface area contributed by atoms with E-state index in [9.17, 15) is 18.0 Å². The lowest BCUT2D eigenvalue weighted by Crippen LogP contribution is -2.40. The molecule has 34 heavy (non-hydrogen) atoms. The summed E-state index contributed by atoms with van der Waals surface area (Å²) in [6.45, 7) is 2.32. The van der Waals surface area contributed by atoms with Gasteiger partial charge in [0.05, 0.1) is 11.5 Å². The van der Waals surface area contributed by atoms with Gasteiger partial charge in [0.25, 0.3) is 21.8 Å². The van der Waals surface area contributed by atoms with E-state index in [2.05, 4.69) is 15.6 Å². The average molecular weight is 500 g/mol. The monoisotopic (exact) mass is 499 g/mol. The number of anilines is 1. The van der Waals surface area contributed by atoms with Gasteiger partial charge in [-0.25, -0.2) is 8.42 Å². The van der Waals surface area contributed by atoms with Gasteiger partial charge in [0, 0.05) is 22.3 Å². The average Bonchev–Trinajstić information content (AvgIpc) is 2.83. The number of carbonyl (C=O) groups is 2.